The van der Waals surface area contributed by atoms with Gasteiger partial charge in [-0.1, -0.05) is 0 Å². The van der Waals surface area contributed by atoms with Gasteiger partial charge in [0.1, 0.15) is 6.33 Å². The van der Waals surface area contributed by atoms with Crippen molar-refractivity contribution in [3.8, 4) is 5.69 Å². The zero-order chi connectivity index (χ0) is 13.2. The maximum Gasteiger partial charge on any atom is 0.358 e. The van der Waals surface area contributed by atoms with E-state index in [1.165, 1.54) is 0 Å². The van der Waals surface area contributed by atoms with Crippen LogP contribution in [-0.4, -0.2) is 27.1 Å². The summed E-state index contributed by atoms with van der Waals surface area (Å²) in [6, 6.07) is 7.99. The Kier molecular flexibility index (Phi) is 2.79. The summed E-state index contributed by atoms with van der Waals surface area (Å²) in [5.41, 5.74) is 2.35. The highest BCUT2D eigenvalue weighted by atomic mass is 16.5. The molecule has 3 rings (SSSR count). The van der Waals surface area contributed by atoms with Crippen LogP contribution >= 0.6 is 0 Å². The number of rotatable bonds is 3. The van der Waals surface area contributed by atoms with Gasteiger partial charge in [-0.3, -0.25) is 0 Å². The average molecular weight is 255 g/mol. The van der Waals surface area contributed by atoms with Crippen molar-refractivity contribution in [3.63, 3.8) is 0 Å². The fourth-order valence-electron chi connectivity index (χ4n) is 1.98. The van der Waals surface area contributed by atoms with Crippen molar-refractivity contribution in [2.24, 2.45) is 0 Å². The molecule has 0 atom stereocenters. The van der Waals surface area contributed by atoms with Crippen molar-refractivity contribution in [2.75, 3.05) is 6.61 Å². The highest BCUT2D eigenvalue weighted by Crippen LogP contribution is 2.17. The van der Waals surface area contributed by atoms with Crippen molar-refractivity contribution in [2.45, 2.75) is 6.92 Å². The SMILES string of the molecule is CCOC(=O)c1cn(-c2ccc3[nH]ccc3c2)cn1. The molecule has 0 unspecified atom stereocenters. The number of esters is 1. The molecule has 3 aromatic rings. The Hall–Kier alpha value is -2.56. The predicted octanol–water partition coefficient (Wildman–Crippen LogP) is 2.53. The number of aromatic nitrogens is 3. The molecule has 0 aliphatic carbocycles. The first-order valence-electron chi connectivity index (χ1n) is 6.06. The molecule has 1 aromatic carbocycles. The fraction of sp³-hybridized carbons (Fsp3) is 0.143. The molecule has 0 aliphatic heterocycles. The minimum atomic E-state index is -0.399. The number of hydrogen-bond donors (Lipinski definition) is 1. The van der Waals surface area contributed by atoms with Gasteiger partial charge in [-0.2, -0.15) is 0 Å². The van der Waals surface area contributed by atoms with Crippen LogP contribution in [0, 0.1) is 0 Å². The number of fused-ring (bicyclic) bond motifs is 1. The van der Waals surface area contributed by atoms with E-state index in [9.17, 15) is 4.79 Å². The van der Waals surface area contributed by atoms with Crippen LogP contribution in [0.4, 0.5) is 0 Å². The van der Waals surface area contributed by atoms with Crippen molar-refractivity contribution in [1.82, 2.24) is 14.5 Å². The zero-order valence-electron chi connectivity index (χ0n) is 10.5. The molecular formula is C14H13N3O2. The van der Waals surface area contributed by atoms with E-state index in [0.29, 0.717) is 12.3 Å². The maximum atomic E-state index is 11.6. The number of nitrogens with one attached hydrogen (secondary N) is 1. The van der Waals surface area contributed by atoms with Crippen LogP contribution in [0.25, 0.3) is 16.6 Å². The van der Waals surface area contributed by atoms with Gasteiger partial charge >= 0.3 is 5.97 Å². The number of benzene rings is 1. The fourth-order valence-corrected chi connectivity index (χ4v) is 1.98. The van der Waals surface area contributed by atoms with Gasteiger partial charge in [0.05, 0.1) is 6.61 Å². The van der Waals surface area contributed by atoms with E-state index in [0.717, 1.165) is 16.6 Å². The van der Waals surface area contributed by atoms with E-state index in [2.05, 4.69) is 9.97 Å². The van der Waals surface area contributed by atoms with Gasteiger partial charge in [0.2, 0.25) is 0 Å². The number of nitrogens with zero attached hydrogens (tertiary/aromatic N) is 2. The quantitative estimate of drug-likeness (QED) is 0.731. The summed E-state index contributed by atoms with van der Waals surface area (Å²) in [5, 5.41) is 1.11. The normalized spacial score (nSPS) is 10.8. The lowest BCUT2D eigenvalue weighted by atomic mass is 10.2. The van der Waals surface area contributed by atoms with Gasteiger partial charge in [0, 0.05) is 29.0 Å². The molecule has 0 radical (unpaired) electrons. The highest BCUT2D eigenvalue weighted by Gasteiger charge is 2.10. The molecule has 0 saturated heterocycles. The van der Waals surface area contributed by atoms with E-state index in [4.69, 9.17) is 4.74 Å². The third-order valence-electron chi connectivity index (χ3n) is 2.90. The minimum Gasteiger partial charge on any atom is -0.461 e. The molecule has 2 aromatic heterocycles. The predicted molar refractivity (Wildman–Crippen MR) is 71.4 cm³/mol. The molecule has 96 valence electrons. The van der Waals surface area contributed by atoms with Crippen LogP contribution in [0.3, 0.4) is 0 Å². The maximum absolute atomic E-state index is 11.6. The third kappa shape index (κ3) is 2.10. The van der Waals surface area contributed by atoms with Crippen LogP contribution in [0.1, 0.15) is 17.4 Å². The Labute approximate surface area is 109 Å². The Morgan fingerprint density at radius 3 is 3.16 bits per heavy atom. The van der Waals surface area contributed by atoms with Gasteiger partial charge in [-0.05, 0) is 31.2 Å². The highest BCUT2D eigenvalue weighted by molar-refractivity contribution is 5.87. The minimum absolute atomic E-state index is 0.316. The van der Waals surface area contributed by atoms with Crippen LogP contribution in [0.5, 0.6) is 0 Å². The molecule has 0 amide bonds. The van der Waals surface area contributed by atoms with Crippen molar-refractivity contribution in [1.29, 1.82) is 0 Å². The second-order valence-electron chi connectivity index (χ2n) is 4.14. The number of H-pyrrole nitrogens is 1. The van der Waals surface area contributed by atoms with Crippen LogP contribution in [0.15, 0.2) is 43.0 Å². The van der Waals surface area contributed by atoms with Gasteiger partial charge in [-0.25, -0.2) is 9.78 Å². The number of aromatic amines is 1. The van der Waals surface area contributed by atoms with Crippen LogP contribution in [-0.2, 0) is 4.74 Å². The smallest absolute Gasteiger partial charge is 0.358 e. The van der Waals surface area contributed by atoms with Gasteiger partial charge in [0.15, 0.2) is 5.69 Å². The molecule has 5 nitrogen and oxygen atoms in total. The molecule has 19 heavy (non-hydrogen) atoms. The number of carbonyl (C=O) groups excluding carboxylic acids is 1. The molecule has 0 fully saturated rings. The summed E-state index contributed by atoms with van der Waals surface area (Å²) in [4.78, 5) is 18.8. The first-order valence-corrected chi connectivity index (χ1v) is 6.06. The van der Waals surface area contributed by atoms with Gasteiger partial charge in [0.25, 0.3) is 0 Å². The Balaban J connectivity index is 1.95. The molecule has 0 spiro atoms. The number of carbonyl (C=O) groups is 1. The van der Waals surface area contributed by atoms with Crippen LogP contribution in [0.2, 0.25) is 0 Å². The number of ether oxygens (including phenoxy) is 1. The number of imidazole rings is 1. The molecule has 0 bridgehead atoms. The first-order chi connectivity index (χ1) is 9.28. The van der Waals surface area contributed by atoms with Crippen molar-refractivity contribution < 1.29 is 9.53 Å². The van der Waals surface area contributed by atoms with E-state index in [1.807, 2.05) is 30.5 Å². The van der Waals surface area contributed by atoms with Crippen molar-refractivity contribution in [3.05, 3.63) is 48.7 Å². The van der Waals surface area contributed by atoms with Crippen molar-refractivity contribution >= 4 is 16.9 Å². The topological polar surface area (TPSA) is 59.9 Å². The molecule has 5 heteroatoms. The summed E-state index contributed by atoms with van der Waals surface area (Å²) in [6.45, 7) is 2.12. The summed E-state index contributed by atoms with van der Waals surface area (Å²) in [7, 11) is 0. The first kappa shape index (κ1) is 11.5. The summed E-state index contributed by atoms with van der Waals surface area (Å²) in [6.07, 6.45) is 5.18. The lowest BCUT2D eigenvalue weighted by Gasteiger charge is -2.01. The summed E-state index contributed by atoms with van der Waals surface area (Å²) in [5.74, 6) is -0.399. The Morgan fingerprint density at radius 2 is 2.32 bits per heavy atom. The monoisotopic (exact) mass is 255 g/mol. The van der Waals surface area contributed by atoms with E-state index >= 15 is 0 Å². The molecular weight excluding hydrogens is 242 g/mol. The van der Waals surface area contributed by atoms with Gasteiger partial charge < -0.3 is 14.3 Å². The summed E-state index contributed by atoms with van der Waals surface area (Å²) >= 11 is 0. The second kappa shape index (κ2) is 4.61. The standard InChI is InChI=1S/C14H13N3O2/c1-2-19-14(18)13-8-17(9-16-13)11-3-4-12-10(7-11)5-6-15-12/h3-9,15H,2H2,1H3. The van der Waals surface area contributed by atoms with E-state index < -0.39 is 5.97 Å². The molecule has 2 heterocycles. The van der Waals surface area contributed by atoms with E-state index in [-0.39, 0.29) is 0 Å². The lowest BCUT2D eigenvalue weighted by Crippen LogP contribution is -2.04. The average Bonchev–Trinajstić information content (AvgIpc) is 3.07. The Morgan fingerprint density at radius 1 is 1.42 bits per heavy atom. The largest absolute Gasteiger partial charge is 0.461 e. The molecule has 1 N–H and O–H groups in total. The summed E-state index contributed by atoms with van der Waals surface area (Å²) < 4.78 is 6.72. The zero-order valence-corrected chi connectivity index (χ0v) is 10.5. The molecule has 0 aliphatic rings. The Bertz CT molecular complexity index is 727. The number of hydrogen-bond acceptors (Lipinski definition) is 3. The van der Waals surface area contributed by atoms with Crippen LogP contribution < -0.4 is 0 Å². The lowest BCUT2D eigenvalue weighted by molar-refractivity contribution is 0.0520. The van der Waals surface area contributed by atoms with Gasteiger partial charge in [-0.15, -0.1) is 0 Å². The van der Waals surface area contributed by atoms with E-state index in [1.54, 1.807) is 24.0 Å². The molecule has 0 saturated carbocycles. The second-order valence-corrected chi connectivity index (χ2v) is 4.14. The third-order valence-corrected chi connectivity index (χ3v) is 2.90.